The molecule has 0 bridgehead atoms. The van der Waals surface area contributed by atoms with Crippen molar-refractivity contribution in [1.29, 1.82) is 5.26 Å². The Bertz CT molecular complexity index is 1000. The highest BCUT2D eigenvalue weighted by Gasteiger charge is 2.14. The molecule has 1 aromatic carbocycles. The number of fused-ring (bicyclic) bond motifs is 1. The van der Waals surface area contributed by atoms with Crippen molar-refractivity contribution >= 4 is 40.0 Å². The first-order valence-corrected chi connectivity index (χ1v) is 8.61. The first-order chi connectivity index (χ1) is 11.6. The zero-order valence-electron chi connectivity index (χ0n) is 13.0. The minimum absolute atomic E-state index is 0.330. The van der Waals surface area contributed by atoms with Gasteiger partial charge in [0.2, 0.25) is 0 Å². The topological polar surface area (TPSA) is 74.2 Å². The normalized spacial score (nSPS) is 11.7. The van der Waals surface area contributed by atoms with E-state index in [1.165, 1.54) is 11.8 Å². The Hall–Kier alpha value is -2.49. The molecule has 0 fully saturated rings. The molecule has 7 heteroatoms. The molecule has 0 aliphatic heterocycles. The number of nitrogens with zero attached hydrogens (tertiary/aromatic N) is 4. The van der Waals surface area contributed by atoms with Crippen molar-refractivity contribution in [3.63, 3.8) is 0 Å². The summed E-state index contributed by atoms with van der Waals surface area (Å²) < 4.78 is 1.89. The van der Waals surface area contributed by atoms with Gasteiger partial charge in [-0.15, -0.1) is 11.8 Å². The number of aryl methyl sites for hydroxylation is 1. The van der Waals surface area contributed by atoms with E-state index in [4.69, 9.17) is 11.6 Å². The fraction of sp³-hybridized carbons (Fsp3) is 0.118. The molecule has 0 aliphatic rings. The number of oxime groups is 1. The van der Waals surface area contributed by atoms with Gasteiger partial charge in [-0.3, -0.25) is 0 Å². The second-order valence-electron chi connectivity index (χ2n) is 5.17. The van der Waals surface area contributed by atoms with E-state index in [1.54, 1.807) is 12.3 Å². The van der Waals surface area contributed by atoms with Gasteiger partial charge in [-0.1, -0.05) is 22.8 Å². The summed E-state index contributed by atoms with van der Waals surface area (Å²) in [4.78, 5) is 4.19. The maximum absolute atomic E-state index is 9.54. The van der Waals surface area contributed by atoms with Gasteiger partial charge in [0.05, 0.1) is 10.6 Å². The summed E-state index contributed by atoms with van der Waals surface area (Å²) in [5.41, 5.74) is 3.25. The molecule has 0 saturated heterocycles. The number of pyridine rings is 1. The lowest BCUT2D eigenvalue weighted by Crippen LogP contribution is -2.04. The molecule has 0 saturated carbocycles. The van der Waals surface area contributed by atoms with Crippen molar-refractivity contribution in [2.45, 2.75) is 5.03 Å². The fourth-order valence-electron chi connectivity index (χ4n) is 2.62. The number of hydrogen-bond acceptors (Lipinski definition) is 5. The molecular weight excluding hydrogens is 344 g/mol. The molecule has 120 valence electrons. The summed E-state index contributed by atoms with van der Waals surface area (Å²) in [7, 11) is 1.89. The van der Waals surface area contributed by atoms with Crippen molar-refractivity contribution in [2.24, 2.45) is 12.2 Å². The molecule has 3 aromatic rings. The summed E-state index contributed by atoms with van der Waals surface area (Å²) in [6, 6.07) is 11.2. The Balaban J connectivity index is 2.17. The Morgan fingerprint density at radius 3 is 2.79 bits per heavy atom. The number of halogens is 1. The second-order valence-corrected chi connectivity index (χ2v) is 6.38. The quantitative estimate of drug-likeness (QED) is 0.252. The summed E-state index contributed by atoms with van der Waals surface area (Å²) in [5.74, 6) is 0. The van der Waals surface area contributed by atoms with Crippen LogP contribution in [0.15, 0.2) is 46.7 Å². The monoisotopic (exact) mass is 356 g/mol. The molecule has 5 nitrogen and oxygen atoms in total. The molecule has 0 amide bonds. The molecule has 24 heavy (non-hydrogen) atoms. The standard InChI is InChI=1S/C17H13ClN4OS/c1-22-9-12(8-19)13-5-10(3-4-14(13)22)17(21-23)11-6-15(18)20-16(7-11)24-2/h3-7,9,23H,1-2H3/b21-17+. The van der Waals surface area contributed by atoms with Gasteiger partial charge >= 0.3 is 0 Å². The lowest BCUT2D eigenvalue weighted by atomic mass is 10.0. The Kier molecular flexibility index (Phi) is 4.47. The van der Waals surface area contributed by atoms with Crippen LogP contribution in [-0.2, 0) is 7.05 Å². The van der Waals surface area contributed by atoms with Crippen LogP contribution in [0.1, 0.15) is 16.7 Å². The van der Waals surface area contributed by atoms with Crippen molar-refractivity contribution in [3.8, 4) is 6.07 Å². The summed E-state index contributed by atoms with van der Waals surface area (Å²) in [6.45, 7) is 0. The van der Waals surface area contributed by atoms with Crippen LogP contribution >= 0.6 is 23.4 Å². The van der Waals surface area contributed by atoms with Gasteiger partial charge in [-0.05, 0) is 30.5 Å². The Labute approximate surface area is 148 Å². The lowest BCUT2D eigenvalue weighted by molar-refractivity contribution is 0.319. The van der Waals surface area contributed by atoms with Gasteiger partial charge in [0.25, 0.3) is 0 Å². The number of nitriles is 1. The van der Waals surface area contributed by atoms with Crippen LogP contribution in [0.4, 0.5) is 0 Å². The third kappa shape index (κ3) is 2.84. The highest BCUT2D eigenvalue weighted by molar-refractivity contribution is 7.98. The lowest BCUT2D eigenvalue weighted by Gasteiger charge is -2.08. The van der Waals surface area contributed by atoms with Gasteiger partial charge in [0, 0.05) is 35.3 Å². The van der Waals surface area contributed by atoms with Crippen LogP contribution in [0.5, 0.6) is 0 Å². The summed E-state index contributed by atoms with van der Waals surface area (Å²) in [5, 5.41) is 24.1. The summed E-state index contributed by atoms with van der Waals surface area (Å²) >= 11 is 7.51. The van der Waals surface area contributed by atoms with E-state index in [0.717, 1.165) is 15.9 Å². The van der Waals surface area contributed by atoms with E-state index >= 15 is 0 Å². The molecule has 0 aliphatic carbocycles. The number of rotatable bonds is 3. The predicted molar refractivity (Wildman–Crippen MR) is 96.1 cm³/mol. The van der Waals surface area contributed by atoms with Crippen LogP contribution in [0.2, 0.25) is 5.15 Å². The zero-order chi connectivity index (χ0) is 17.3. The molecule has 3 rings (SSSR count). The molecule has 2 heterocycles. The number of benzene rings is 1. The zero-order valence-corrected chi connectivity index (χ0v) is 14.6. The van der Waals surface area contributed by atoms with E-state index in [9.17, 15) is 10.5 Å². The molecular formula is C17H13ClN4OS. The van der Waals surface area contributed by atoms with Gasteiger partial charge < -0.3 is 9.77 Å². The predicted octanol–water partition coefficient (Wildman–Crippen LogP) is 4.05. The average Bonchev–Trinajstić information content (AvgIpc) is 2.91. The molecule has 0 unspecified atom stereocenters. The smallest absolute Gasteiger partial charge is 0.131 e. The first-order valence-electron chi connectivity index (χ1n) is 7.01. The van der Waals surface area contributed by atoms with Crippen LogP contribution in [-0.4, -0.2) is 26.7 Å². The van der Waals surface area contributed by atoms with Crippen molar-refractivity contribution in [3.05, 3.63) is 58.4 Å². The molecule has 0 radical (unpaired) electrons. The largest absolute Gasteiger partial charge is 0.410 e. The molecule has 0 spiro atoms. The van der Waals surface area contributed by atoms with Crippen molar-refractivity contribution < 1.29 is 5.21 Å². The number of aromatic nitrogens is 2. The van der Waals surface area contributed by atoms with Crippen molar-refractivity contribution in [1.82, 2.24) is 9.55 Å². The number of hydrogen-bond donors (Lipinski definition) is 1. The molecule has 2 aromatic heterocycles. The van der Waals surface area contributed by atoms with E-state index in [1.807, 2.05) is 42.1 Å². The first kappa shape index (κ1) is 16.4. The van der Waals surface area contributed by atoms with Crippen LogP contribution < -0.4 is 0 Å². The van der Waals surface area contributed by atoms with Crippen LogP contribution in [0.3, 0.4) is 0 Å². The van der Waals surface area contributed by atoms with E-state index in [0.29, 0.717) is 27.6 Å². The third-order valence-corrected chi connectivity index (χ3v) is 4.56. The fourth-order valence-corrected chi connectivity index (χ4v) is 3.32. The number of thioether (sulfide) groups is 1. The highest BCUT2D eigenvalue weighted by Crippen LogP contribution is 2.25. The minimum atomic E-state index is 0.330. The van der Waals surface area contributed by atoms with E-state index in [2.05, 4.69) is 16.2 Å². The molecule has 0 atom stereocenters. The SMILES string of the molecule is CSc1cc(/C(=N/O)c2ccc3c(c2)c(C#N)cn3C)cc(Cl)n1. The van der Waals surface area contributed by atoms with E-state index < -0.39 is 0 Å². The third-order valence-electron chi connectivity index (χ3n) is 3.74. The van der Waals surface area contributed by atoms with Crippen LogP contribution in [0, 0.1) is 11.3 Å². The van der Waals surface area contributed by atoms with Gasteiger partial charge in [-0.2, -0.15) is 5.26 Å². The average molecular weight is 357 g/mol. The molecule has 1 N–H and O–H groups in total. The second kappa shape index (κ2) is 6.56. The van der Waals surface area contributed by atoms with Gasteiger partial charge in [0.1, 0.15) is 16.9 Å². The van der Waals surface area contributed by atoms with Gasteiger partial charge in [0.15, 0.2) is 0 Å². The van der Waals surface area contributed by atoms with E-state index in [-0.39, 0.29) is 0 Å². The summed E-state index contributed by atoms with van der Waals surface area (Å²) in [6.07, 6.45) is 3.67. The van der Waals surface area contributed by atoms with Gasteiger partial charge in [-0.25, -0.2) is 4.98 Å². The Morgan fingerprint density at radius 2 is 2.12 bits per heavy atom. The Morgan fingerprint density at radius 1 is 1.33 bits per heavy atom. The maximum Gasteiger partial charge on any atom is 0.131 e. The highest BCUT2D eigenvalue weighted by atomic mass is 35.5. The van der Waals surface area contributed by atoms with Crippen molar-refractivity contribution in [2.75, 3.05) is 6.26 Å². The van der Waals surface area contributed by atoms with Crippen LogP contribution in [0.25, 0.3) is 10.9 Å². The minimum Gasteiger partial charge on any atom is -0.410 e. The maximum atomic E-state index is 9.54.